The molecule has 0 spiro atoms. The van der Waals surface area contributed by atoms with Crippen molar-refractivity contribution in [1.82, 2.24) is 5.32 Å². The van der Waals surface area contributed by atoms with Crippen LogP contribution in [0, 0.1) is 0 Å². The van der Waals surface area contributed by atoms with Gasteiger partial charge >= 0.3 is 18.3 Å². The third-order valence-electron chi connectivity index (χ3n) is 3.64. The molecule has 30 heavy (non-hydrogen) atoms. The number of benzene rings is 2. The molecule has 0 atom stereocenters. The van der Waals surface area contributed by atoms with E-state index in [4.69, 9.17) is 0 Å². The molecule has 0 aliphatic rings. The van der Waals surface area contributed by atoms with Crippen LogP contribution in [0.25, 0.3) is 0 Å². The second-order valence-corrected chi connectivity index (χ2v) is 6.00. The van der Waals surface area contributed by atoms with E-state index in [0.717, 1.165) is 0 Å². The molecule has 0 saturated carbocycles. The highest BCUT2D eigenvalue weighted by molar-refractivity contribution is 5.98. The fraction of sp³-hybridized carbons (Fsp3) is 0.211. The molecule has 2 amide bonds. The van der Waals surface area contributed by atoms with E-state index in [1.165, 1.54) is 0 Å². The van der Waals surface area contributed by atoms with Gasteiger partial charge in [0.25, 0.3) is 5.91 Å². The summed E-state index contributed by atoms with van der Waals surface area (Å²) >= 11 is 0. The van der Waals surface area contributed by atoms with Crippen molar-refractivity contribution in [2.24, 2.45) is 0 Å². The summed E-state index contributed by atoms with van der Waals surface area (Å²) in [6, 6.07) is 8.49. The molecule has 0 heterocycles. The summed E-state index contributed by atoms with van der Waals surface area (Å²) in [7, 11) is 0. The van der Waals surface area contributed by atoms with Crippen LogP contribution in [0.2, 0.25) is 0 Å². The Morgan fingerprint density at radius 1 is 0.800 bits per heavy atom. The highest BCUT2D eigenvalue weighted by atomic mass is 19.4. The fourth-order valence-corrected chi connectivity index (χ4v) is 2.30. The molecule has 160 valence electrons. The monoisotopic (exact) mass is 433 g/mol. The van der Waals surface area contributed by atoms with Crippen molar-refractivity contribution in [3.8, 4) is 0 Å². The lowest BCUT2D eigenvalue weighted by Crippen LogP contribution is -2.35. The van der Waals surface area contributed by atoms with Gasteiger partial charge in [-0.05, 0) is 23.8 Å². The van der Waals surface area contributed by atoms with Gasteiger partial charge in [0.1, 0.15) is 0 Å². The summed E-state index contributed by atoms with van der Waals surface area (Å²) in [4.78, 5) is 35.3. The third-order valence-corrected chi connectivity index (χ3v) is 3.64. The van der Waals surface area contributed by atoms with Crippen LogP contribution in [0.15, 0.2) is 48.5 Å². The number of carbonyl (C=O) groups excluding carboxylic acids is 3. The highest BCUT2D eigenvalue weighted by Crippen LogP contribution is 2.36. The number of halogens is 6. The quantitative estimate of drug-likeness (QED) is 0.576. The van der Waals surface area contributed by atoms with Crippen molar-refractivity contribution in [2.45, 2.75) is 18.8 Å². The van der Waals surface area contributed by atoms with E-state index in [2.05, 4.69) is 4.74 Å². The standard InChI is InChI=1S/C19H13F6NO4/c20-18(21,22)13-7-12(8-14(9-13)19(23,24)25)17(29)30-10-16(28)26-15(27)6-11-4-2-1-3-5-11/h1-5,7-9H,6,10H2,(H,26,27,28). The normalized spacial score (nSPS) is 11.7. The van der Waals surface area contributed by atoms with Gasteiger partial charge in [-0.3, -0.25) is 14.9 Å². The third kappa shape index (κ3) is 6.61. The smallest absolute Gasteiger partial charge is 0.416 e. The van der Waals surface area contributed by atoms with Crippen molar-refractivity contribution in [3.05, 3.63) is 70.8 Å². The average molecular weight is 433 g/mol. The number of esters is 1. The Balaban J connectivity index is 2.03. The van der Waals surface area contributed by atoms with Gasteiger partial charge in [0.15, 0.2) is 6.61 Å². The van der Waals surface area contributed by atoms with Gasteiger partial charge in [0.05, 0.1) is 23.1 Å². The number of carbonyl (C=O) groups is 3. The number of hydrogen-bond acceptors (Lipinski definition) is 4. The first-order valence-corrected chi connectivity index (χ1v) is 8.19. The molecule has 11 heteroatoms. The van der Waals surface area contributed by atoms with Crippen LogP contribution in [0.3, 0.4) is 0 Å². The van der Waals surface area contributed by atoms with Crippen molar-refractivity contribution < 1.29 is 45.5 Å². The first-order valence-electron chi connectivity index (χ1n) is 8.19. The molecule has 2 aromatic rings. The number of hydrogen-bond donors (Lipinski definition) is 1. The number of amides is 2. The van der Waals surface area contributed by atoms with E-state index in [1.807, 2.05) is 5.32 Å². The number of ether oxygens (including phenoxy) is 1. The average Bonchev–Trinajstić information content (AvgIpc) is 2.65. The molecular weight excluding hydrogens is 420 g/mol. The molecule has 0 aliphatic carbocycles. The van der Waals surface area contributed by atoms with E-state index in [9.17, 15) is 40.7 Å². The Hall–Kier alpha value is -3.37. The van der Waals surface area contributed by atoms with Crippen LogP contribution in [-0.2, 0) is 33.1 Å². The van der Waals surface area contributed by atoms with Crippen LogP contribution in [-0.4, -0.2) is 24.4 Å². The molecule has 2 rings (SSSR count). The molecule has 0 radical (unpaired) electrons. The lowest BCUT2D eigenvalue weighted by molar-refractivity contribution is -0.143. The Kier molecular flexibility index (Phi) is 6.85. The minimum Gasteiger partial charge on any atom is -0.452 e. The summed E-state index contributed by atoms with van der Waals surface area (Å²) in [6.45, 7) is -1.07. The van der Waals surface area contributed by atoms with E-state index in [0.29, 0.717) is 5.56 Å². The molecular formula is C19H13F6NO4. The molecule has 1 N–H and O–H groups in total. The van der Waals surface area contributed by atoms with Crippen molar-refractivity contribution in [3.63, 3.8) is 0 Å². The zero-order valence-electron chi connectivity index (χ0n) is 14.9. The van der Waals surface area contributed by atoms with Crippen LogP contribution in [0.1, 0.15) is 27.0 Å². The summed E-state index contributed by atoms with van der Waals surface area (Å²) in [5.74, 6) is -3.41. The number of nitrogens with one attached hydrogen (secondary N) is 1. The molecule has 0 fully saturated rings. The van der Waals surface area contributed by atoms with Crippen LogP contribution in [0.4, 0.5) is 26.3 Å². The van der Waals surface area contributed by atoms with Gasteiger partial charge in [-0.2, -0.15) is 26.3 Å². The second-order valence-electron chi connectivity index (χ2n) is 6.00. The van der Waals surface area contributed by atoms with E-state index < -0.39 is 53.4 Å². The maximum atomic E-state index is 12.8. The maximum Gasteiger partial charge on any atom is 0.416 e. The molecule has 0 saturated heterocycles. The van der Waals surface area contributed by atoms with Crippen molar-refractivity contribution in [2.75, 3.05) is 6.61 Å². The largest absolute Gasteiger partial charge is 0.452 e. The minimum absolute atomic E-state index is 0.147. The van der Waals surface area contributed by atoms with Gasteiger partial charge in [0.2, 0.25) is 5.91 Å². The van der Waals surface area contributed by atoms with Gasteiger partial charge < -0.3 is 4.74 Å². The van der Waals surface area contributed by atoms with Gasteiger partial charge in [0, 0.05) is 0 Å². The first kappa shape index (κ1) is 22.9. The lowest BCUT2D eigenvalue weighted by Gasteiger charge is -2.13. The zero-order chi connectivity index (χ0) is 22.5. The van der Waals surface area contributed by atoms with Gasteiger partial charge in [-0.25, -0.2) is 4.79 Å². The topological polar surface area (TPSA) is 72.5 Å². The summed E-state index contributed by atoms with van der Waals surface area (Å²) < 4.78 is 81.3. The molecule has 2 aromatic carbocycles. The molecule has 5 nitrogen and oxygen atoms in total. The van der Waals surface area contributed by atoms with Crippen molar-refractivity contribution >= 4 is 17.8 Å². The second kappa shape index (κ2) is 8.97. The number of rotatable bonds is 5. The predicted octanol–water partition coefficient (Wildman–Crippen LogP) is 3.77. The Morgan fingerprint density at radius 3 is 1.83 bits per heavy atom. The van der Waals surface area contributed by atoms with Crippen molar-refractivity contribution in [1.29, 1.82) is 0 Å². The molecule has 0 unspecified atom stereocenters. The molecule has 0 aromatic heterocycles. The Labute approximate surface area is 165 Å². The molecule has 0 bridgehead atoms. The SMILES string of the molecule is O=C(COC(=O)c1cc(C(F)(F)F)cc(C(F)(F)F)c1)NC(=O)Cc1ccccc1. The number of alkyl halides is 6. The van der Waals surface area contributed by atoms with Gasteiger partial charge in [-0.1, -0.05) is 30.3 Å². The highest BCUT2D eigenvalue weighted by Gasteiger charge is 2.37. The summed E-state index contributed by atoms with van der Waals surface area (Å²) in [6.07, 6.45) is -10.4. The zero-order valence-corrected chi connectivity index (χ0v) is 14.9. The predicted molar refractivity (Wildman–Crippen MR) is 90.0 cm³/mol. The van der Waals surface area contributed by atoms with Crippen LogP contribution >= 0.6 is 0 Å². The lowest BCUT2D eigenvalue weighted by atomic mass is 10.0. The van der Waals surface area contributed by atoms with E-state index in [-0.39, 0.29) is 24.6 Å². The van der Waals surface area contributed by atoms with Crippen LogP contribution in [0.5, 0.6) is 0 Å². The minimum atomic E-state index is -5.14. The first-order chi connectivity index (χ1) is 13.9. The van der Waals surface area contributed by atoms with E-state index >= 15 is 0 Å². The van der Waals surface area contributed by atoms with Crippen LogP contribution < -0.4 is 5.32 Å². The number of imide groups is 1. The Morgan fingerprint density at radius 2 is 1.33 bits per heavy atom. The Bertz CT molecular complexity index is 906. The van der Waals surface area contributed by atoms with E-state index in [1.54, 1.807) is 30.3 Å². The summed E-state index contributed by atoms with van der Waals surface area (Å²) in [5.41, 5.74) is -3.86. The fourth-order valence-electron chi connectivity index (χ4n) is 2.30. The summed E-state index contributed by atoms with van der Waals surface area (Å²) in [5, 5.41) is 1.89. The molecule has 0 aliphatic heterocycles. The van der Waals surface area contributed by atoms with Gasteiger partial charge in [-0.15, -0.1) is 0 Å². The maximum absolute atomic E-state index is 12.8.